The fraction of sp³-hybridized carbons (Fsp3) is 0.333. The van der Waals surface area contributed by atoms with Crippen LogP contribution in [0.4, 0.5) is 11.4 Å². The SMILES string of the molecule is Cc1ccc(Oc2cc(N3C(=O)[C@@H]4[C@@H](C3=O)[C@@H]3CC[C@@H]4O3)cc([N+](=O)[O-])c2)cc1. The number of carbonyl (C=O) groups excluding carboxylic acids is 2. The van der Waals surface area contributed by atoms with E-state index < -0.39 is 16.8 Å². The van der Waals surface area contributed by atoms with Crippen LogP contribution in [-0.2, 0) is 14.3 Å². The highest BCUT2D eigenvalue weighted by atomic mass is 16.6. The molecule has 148 valence electrons. The topological polar surface area (TPSA) is 99.0 Å². The Morgan fingerprint density at radius 3 is 2.21 bits per heavy atom. The van der Waals surface area contributed by atoms with Crippen LogP contribution in [0.3, 0.4) is 0 Å². The molecular formula is C21H18N2O6. The molecule has 3 heterocycles. The molecule has 3 aliphatic rings. The summed E-state index contributed by atoms with van der Waals surface area (Å²) in [4.78, 5) is 37.9. The highest BCUT2D eigenvalue weighted by molar-refractivity contribution is 6.23. The quantitative estimate of drug-likeness (QED) is 0.448. The molecule has 0 radical (unpaired) electrons. The number of nitro groups is 1. The summed E-state index contributed by atoms with van der Waals surface area (Å²) in [5.41, 5.74) is 0.959. The Balaban J connectivity index is 1.52. The number of rotatable bonds is 4. The van der Waals surface area contributed by atoms with Crippen molar-refractivity contribution in [2.45, 2.75) is 32.0 Å². The number of non-ortho nitro benzene ring substituents is 1. The van der Waals surface area contributed by atoms with E-state index in [1.807, 2.05) is 19.1 Å². The van der Waals surface area contributed by atoms with Crippen LogP contribution in [0.2, 0.25) is 0 Å². The van der Waals surface area contributed by atoms with Crippen LogP contribution in [0.15, 0.2) is 42.5 Å². The first-order chi connectivity index (χ1) is 13.9. The van der Waals surface area contributed by atoms with Crippen LogP contribution in [0, 0.1) is 28.9 Å². The minimum absolute atomic E-state index is 0.158. The van der Waals surface area contributed by atoms with Crippen molar-refractivity contribution in [1.29, 1.82) is 0 Å². The molecule has 2 amide bonds. The molecule has 4 atom stereocenters. The zero-order valence-electron chi connectivity index (χ0n) is 15.6. The third-order valence-corrected chi connectivity index (χ3v) is 5.89. The molecule has 3 fully saturated rings. The van der Waals surface area contributed by atoms with Gasteiger partial charge < -0.3 is 9.47 Å². The third kappa shape index (κ3) is 2.79. The lowest BCUT2D eigenvalue weighted by Gasteiger charge is -2.18. The van der Waals surface area contributed by atoms with Gasteiger partial charge in [-0.3, -0.25) is 19.7 Å². The van der Waals surface area contributed by atoms with Crippen LogP contribution in [-0.4, -0.2) is 28.9 Å². The predicted octanol–water partition coefficient (Wildman–Crippen LogP) is 3.36. The molecule has 8 heteroatoms. The summed E-state index contributed by atoms with van der Waals surface area (Å²) in [7, 11) is 0. The second kappa shape index (κ2) is 6.38. The van der Waals surface area contributed by atoms with Gasteiger partial charge in [0.1, 0.15) is 11.5 Å². The van der Waals surface area contributed by atoms with Crippen molar-refractivity contribution in [3.8, 4) is 11.5 Å². The number of anilines is 1. The first kappa shape index (κ1) is 17.8. The average molecular weight is 394 g/mol. The van der Waals surface area contributed by atoms with Gasteiger partial charge in [-0.2, -0.15) is 0 Å². The lowest BCUT2D eigenvalue weighted by molar-refractivity contribution is -0.384. The summed E-state index contributed by atoms with van der Waals surface area (Å²) in [5, 5.41) is 11.4. The molecule has 0 spiro atoms. The summed E-state index contributed by atoms with van der Waals surface area (Å²) in [6.45, 7) is 1.94. The highest BCUT2D eigenvalue weighted by Crippen LogP contribution is 2.50. The number of hydrogen-bond donors (Lipinski definition) is 0. The lowest BCUT2D eigenvalue weighted by Crippen LogP contribution is -2.34. The number of nitro benzene ring substituents is 1. The Labute approximate surface area is 166 Å². The second-order valence-electron chi connectivity index (χ2n) is 7.71. The molecule has 0 aliphatic carbocycles. The molecule has 2 bridgehead atoms. The average Bonchev–Trinajstić information content (AvgIpc) is 3.37. The monoisotopic (exact) mass is 394 g/mol. The summed E-state index contributed by atoms with van der Waals surface area (Å²) < 4.78 is 11.5. The normalized spacial score (nSPS) is 27.4. The number of hydrogen-bond acceptors (Lipinski definition) is 6. The van der Waals surface area contributed by atoms with Crippen LogP contribution < -0.4 is 9.64 Å². The van der Waals surface area contributed by atoms with Crippen LogP contribution in [0.25, 0.3) is 0 Å². The largest absolute Gasteiger partial charge is 0.457 e. The summed E-state index contributed by atoms with van der Waals surface area (Å²) in [6, 6.07) is 11.2. The summed E-state index contributed by atoms with van der Waals surface area (Å²) in [5.74, 6) is -1.01. The summed E-state index contributed by atoms with van der Waals surface area (Å²) >= 11 is 0. The minimum Gasteiger partial charge on any atom is -0.457 e. The minimum atomic E-state index is -0.565. The molecular weight excluding hydrogens is 376 g/mol. The van der Waals surface area contributed by atoms with Gasteiger partial charge in [-0.25, -0.2) is 4.90 Å². The van der Waals surface area contributed by atoms with Gasteiger partial charge in [0, 0.05) is 12.1 Å². The molecule has 8 nitrogen and oxygen atoms in total. The van der Waals surface area contributed by atoms with Gasteiger partial charge in [0.2, 0.25) is 11.8 Å². The van der Waals surface area contributed by atoms with Crippen molar-refractivity contribution in [3.05, 3.63) is 58.1 Å². The molecule has 3 aliphatic heterocycles. The Bertz CT molecular complexity index is 1010. The maximum absolute atomic E-state index is 13.0. The number of nitrogens with zero attached hydrogens (tertiary/aromatic N) is 2. The van der Waals surface area contributed by atoms with E-state index in [0.29, 0.717) is 5.75 Å². The van der Waals surface area contributed by atoms with Crippen LogP contribution in [0.1, 0.15) is 18.4 Å². The number of ether oxygens (including phenoxy) is 2. The number of fused-ring (bicyclic) bond motifs is 5. The number of aryl methyl sites for hydroxylation is 1. The molecule has 2 aromatic carbocycles. The fourth-order valence-electron chi connectivity index (χ4n) is 4.57. The van der Waals surface area contributed by atoms with E-state index in [2.05, 4.69) is 0 Å². The number of carbonyl (C=O) groups is 2. The van der Waals surface area contributed by atoms with Crippen molar-refractivity contribution in [2.75, 3.05) is 4.90 Å². The smallest absolute Gasteiger partial charge is 0.275 e. The molecule has 0 N–H and O–H groups in total. The molecule has 0 unspecified atom stereocenters. The first-order valence-electron chi connectivity index (χ1n) is 9.49. The first-order valence-corrected chi connectivity index (χ1v) is 9.49. The molecule has 0 saturated carbocycles. The molecule has 2 aromatic rings. The van der Waals surface area contributed by atoms with Gasteiger partial charge in [-0.1, -0.05) is 17.7 Å². The zero-order valence-corrected chi connectivity index (χ0v) is 15.6. The predicted molar refractivity (Wildman–Crippen MR) is 102 cm³/mol. The van der Waals surface area contributed by atoms with E-state index in [9.17, 15) is 19.7 Å². The van der Waals surface area contributed by atoms with Gasteiger partial charge in [0.05, 0.1) is 40.7 Å². The van der Waals surface area contributed by atoms with Gasteiger partial charge in [0.25, 0.3) is 5.69 Å². The Morgan fingerprint density at radius 2 is 1.62 bits per heavy atom. The van der Waals surface area contributed by atoms with Gasteiger partial charge in [-0.05, 0) is 31.9 Å². The summed E-state index contributed by atoms with van der Waals surface area (Å²) in [6.07, 6.45) is 1.03. The Morgan fingerprint density at radius 1 is 1.00 bits per heavy atom. The van der Waals surface area contributed by atoms with E-state index in [4.69, 9.17) is 9.47 Å². The lowest BCUT2D eigenvalue weighted by atomic mass is 9.81. The fourth-order valence-corrected chi connectivity index (χ4v) is 4.57. The van der Waals surface area contributed by atoms with E-state index in [1.165, 1.54) is 18.2 Å². The van der Waals surface area contributed by atoms with E-state index in [-0.39, 0.29) is 41.1 Å². The highest BCUT2D eigenvalue weighted by Gasteiger charge is 2.62. The number of benzene rings is 2. The van der Waals surface area contributed by atoms with Gasteiger partial charge >= 0.3 is 0 Å². The molecule has 5 rings (SSSR count). The van der Waals surface area contributed by atoms with Crippen molar-refractivity contribution < 1.29 is 24.0 Å². The van der Waals surface area contributed by atoms with Crippen molar-refractivity contribution >= 4 is 23.2 Å². The number of amides is 2. The Hall–Kier alpha value is -3.26. The molecule has 29 heavy (non-hydrogen) atoms. The zero-order chi connectivity index (χ0) is 20.3. The van der Waals surface area contributed by atoms with E-state index >= 15 is 0 Å². The van der Waals surface area contributed by atoms with E-state index in [1.54, 1.807) is 12.1 Å². The Kier molecular flexibility index (Phi) is 3.92. The molecule has 0 aromatic heterocycles. The maximum atomic E-state index is 13.0. The number of imide groups is 1. The van der Waals surface area contributed by atoms with Crippen molar-refractivity contribution in [2.24, 2.45) is 11.8 Å². The van der Waals surface area contributed by atoms with Crippen molar-refractivity contribution in [1.82, 2.24) is 0 Å². The van der Waals surface area contributed by atoms with Crippen molar-refractivity contribution in [3.63, 3.8) is 0 Å². The third-order valence-electron chi connectivity index (χ3n) is 5.89. The van der Waals surface area contributed by atoms with Gasteiger partial charge in [0.15, 0.2) is 0 Å². The molecule has 3 saturated heterocycles. The van der Waals surface area contributed by atoms with Gasteiger partial charge in [-0.15, -0.1) is 0 Å². The van der Waals surface area contributed by atoms with E-state index in [0.717, 1.165) is 23.3 Å². The van der Waals surface area contributed by atoms with Crippen LogP contribution in [0.5, 0.6) is 11.5 Å². The second-order valence-corrected chi connectivity index (χ2v) is 7.71. The standard InChI is InChI=1S/C21H18N2O6/c1-11-2-4-14(5-3-11)28-15-9-12(8-13(10-15)23(26)27)22-20(24)18-16-6-7-17(29-16)19(18)21(22)25/h2-5,8-10,16-19H,6-7H2,1H3/t16-,17-,18-,19-/m0/s1. The van der Waals surface area contributed by atoms with Crippen LogP contribution >= 0.6 is 0 Å². The maximum Gasteiger partial charge on any atom is 0.275 e.